The molecule has 0 unspecified atom stereocenters. The fraction of sp³-hybridized carbons (Fsp3) is 0.474. The lowest BCUT2D eigenvalue weighted by atomic mass is 9.93. The monoisotopic (exact) mass is 373 g/mol. The summed E-state index contributed by atoms with van der Waals surface area (Å²) in [4.78, 5) is 13.7. The highest BCUT2D eigenvalue weighted by Gasteiger charge is 2.22. The van der Waals surface area contributed by atoms with E-state index in [9.17, 15) is 4.79 Å². The van der Waals surface area contributed by atoms with Crippen LogP contribution in [0.25, 0.3) is 5.69 Å². The Morgan fingerprint density at radius 1 is 1.19 bits per heavy atom. The Morgan fingerprint density at radius 3 is 2.30 bits per heavy atom. The van der Waals surface area contributed by atoms with Gasteiger partial charge in [0.1, 0.15) is 0 Å². The maximum absolute atomic E-state index is 11.3. The van der Waals surface area contributed by atoms with E-state index in [1.54, 1.807) is 25.1 Å². The van der Waals surface area contributed by atoms with E-state index in [-0.39, 0.29) is 17.7 Å². The molecule has 3 rings (SSSR count). The van der Waals surface area contributed by atoms with Crippen molar-refractivity contribution < 1.29 is 14.3 Å². The zero-order valence-electron chi connectivity index (χ0n) is 15.8. The number of nitrogens with zero attached hydrogens (tertiary/aromatic N) is 3. The van der Waals surface area contributed by atoms with Crippen LogP contribution in [0.2, 0.25) is 0 Å². The summed E-state index contributed by atoms with van der Waals surface area (Å²) in [5.41, 5.74) is 13.4. The number of primary amides is 1. The largest absolute Gasteiger partial charge is 0.396 e. The molecule has 146 valence electrons. The Bertz CT molecular complexity index is 762. The summed E-state index contributed by atoms with van der Waals surface area (Å²) in [5, 5.41) is 4.16. The average molecular weight is 373 g/mol. The number of benzene rings is 1. The van der Waals surface area contributed by atoms with Crippen molar-refractivity contribution >= 4 is 17.3 Å². The van der Waals surface area contributed by atoms with Gasteiger partial charge in [-0.25, -0.2) is 4.68 Å². The minimum atomic E-state index is -0.630. The second-order valence-electron chi connectivity index (χ2n) is 6.83. The van der Waals surface area contributed by atoms with Crippen molar-refractivity contribution in [3.05, 3.63) is 36.2 Å². The van der Waals surface area contributed by atoms with Crippen LogP contribution in [0, 0.1) is 5.92 Å². The number of amides is 1. The topological polar surface area (TPSA) is 109 Å². The molecule has 1 fully saturated rings. The van der Waals surface area contributed by atoms with E-state index in [4.69, 9.17) is 20.9 Å². The Balaban J connectivity index is 1.61. The van der Waals surface area contributed by atoms with Gasteiger partial charge in [0.15, 0.2) is 12.0 Å². The van der Waals surface area contributed by atoms with Crippen LogP contribution in [0.15, 0.2) is 30.5 Å². The third kappa shape index (κ3) is 4.40. The summed E-state index contributed by atoms with van der Waals surface area (Å²) < 4.78 is 12.2. The Labute approximate surface area is 159 Å². The van der Waals surface area contributed by atoms with Gasteiger partial charge in [0, 0.05) is 39.4 Å². The Kier molecular flexibility index (Phi) is 5.98. The van der Waals surface area contributed by atoms with Gasteiger partial charge in [-0.3, -0.25) is 4.79 Å². The number of carbonyl (C=O) groups is 1. The van der Waals surface area contributed by atoms with Gasteiger partial charge in [0.2, 0.25) is 0 Å². The fourth-order valence-electron chi connectivity index (χ4n) is 3.51. The van der Waals surface area contributed by atoms with E-state index in [1.807, 2.05) is 12.1 Å². The summed E-state index contributed by atoms with van der Waals surface area (Å²) in [6.45, 7) is 2.01. The predicted molar refractivity (Wildman–Crippen MR) is 104 cm³/mol. The van der Waals surface area contributed by atoms with Crippen LogP contribution in [-0.4, -0.2) is 49.3 Å². The van der Waals surface area contributed by atoms with E-state index >= 15 is 0 Å². The lowest BCUT2D eigenvalue weighted by molar-refractivity contribution is -0.115. The summed E-state index contributed by atoms with van der Waals surface area (Å²) in [6.07, 6.45) is 4.64. The molecule has 0 radical (unpaired) electrons. The number of nitrogen functional groups attached to an aromatic ring is 1. The van der Waals surface area contributed by atoms with Crippen molar-refractivity contribution in [2.24, 2.45) is 11.7 Å². The highest BCUT2D eigenvalue weighted by atomic mass is 16.7. The molecule has 8 nitrogen and oxygen atoms in total. The Morgan fingerprint density at radius 2 is 1.78 bits per heavy atom. The van der Waals surface area contributed by atoms with Crippen LogP contribution in [0.5, 0.6) is 0 Å². The number of hydrogen-bond acceptors (Lipinski definition) is 6. The molecule has 1 amide bonds. The molecule has 27 heavy (non-hydrogen) atoms. The van der Waals surface area contributed by atoms with Crippen molar-refractivity contribution in [1.29, 1.82) is 0 Å². The average Bonchev–Trinajstić information content (AvgIpc) is 3.09. The third-order valence-corrected chi connectivity index (χ3v) is 5.12. The SMILES string of the molecule is COC(CC1CCN(c2ccc(-n3cc(N)c(C(N)=O)n3)cc2)CC1)OC. The van der Waals surface area contributed by atoms with Crippen LogP contribution < -0.4 is 16.4 Å². The molecule has 0 saturated carbocycles. The van der Waals surface area contributed by atoms with E-state index in [0.29, 0.717) is 5.92 Å². The molecule has 1 aromatic carbocycles. The molecule has 4 N–H and O–H groups in total. The fourth-order valence-corrected chi connectivity index (χ4v) is 3.51. The van der Waals surface area contributed by atoms with Crippen LogP contribution in [0.4, 0.5) is 11.4 Å². The Hall–Kier alpha value is -2.58. The minimum Gasteiger partial charge on any atom is -0.396 e. The standard InChI is InChI=1S/C19H27N5O3/c1-26-17(27-2)11-13-7-9-23(10-8-13)14-3-5-15(6-4-14)24-12-16(20)18(22-24)19(21)25/h3-6,12-13,17H,7-11,20H2,1-2H3,(H2,21,25). The van der Waals surface area contributed by atoms with Gasteiger partial charge >= 0.3 is 0 Å². The van der Waals surface area contributed by atoms with E-state index < -0.39 is 5.91 Å². The zero-order chi connectivity index (χ0) is 19.4. The second-order valence-corrected chi connectivity index (χ2v) is 6.83. The summed E-state index contributed by atoms with van der Waals surface area (Å²) in [7, 11) is 3.37. The van der Waals surface area contributed by atoms with Crippen molar-refractivity contribution in [3.63, 3.8) is 0 Å². The first-order chi connectivity index (χ1) is 13.0. The van der Waals surface area contributed by atoms with Gasteiger partial charge in [-0.1, -0.05) is 0 Å². The molecule has 1 aliphatic rings. The molecule has 1 aliphatic heterocycles. The third-order valence-electron chi connectivity index (χ3n) is 5.12. The number of piperidine rings is 1. The highest BCUT2D eigenvalue weighted by molar-refractivity contribution is 5.95. The van der Waals surface area contributed by atoms with Crippen molar-refractivity contribution in [2.75, 3.05) is 37.9 Å². The van der Waals surface area contributed by atoms with Crippen molar-refractivity contribution in [3.8, 4) is 5.69 Å². The molecule has 0 aliphatic carbocycles. The summed E-state index contributed by atoms with van der Waals surface area (Å²) in [5.74, 6) is -0.0142. The first-order valence-electron chi connectivity index (χ1n) is 9.07. The van der Waals surface area contributed by atoms with Crippen LogP contribution in [0.1, 0.15) is 29.8 Å². The van der Waals surface area contributed by atoms with E-state index in [2.05, 4.69) is 22.1 Å². The number of rotatable bonds is 7. The zero-order valence-corrected chi connectivity index (χ0v) is 15.8. The molecule has 1 aromatic heterocycles. The molecule has 0 atom stereocenters. The molecule has 2 aromatic rings. The highest BCUT2D eigenvalue weighted by Crippen LogP contribution is 2.27. The maximum Gasteiger partial charge on any atom is 0.271 e. The van der Waals surface area contributed by atoms with Gasteiger partial charge < -0.3 is 25.8 Å². The number of ether oxygens (including phenoxy) is 2. The molecule has 2 heterocycles. The second kappa shape index (κ2) is 8.41. The quantitative estimate of drug-likeness (QED) is 0.716. The summed E-state index contributed by atoms with van der Waals surface area (Å²) in [6, 6.07) is 8.05. The van der Waals surface area contributed by atoms with Crippen LogP contribution >= 0.6 is 0 Å². The minimum absolute atomic E-state index is 0.0894. The van der Waals surface area contributed by atoms with Gasteiger partial charge in [0.05, 0.1) is 17.6 Å². The maximum atomic E-state index is 11.3. The molecule has 8 heteroatoms. The number of carbonyl (C=O) groups excluding carboxylic acids is 1. The van der Waals surface area contributed by atoms with Crippen LogP contribution in [-0.2, 0) is 9.47 Å². The van der Waals surface area contributed by atoms with Gasteiger partial charge in [-0.05, 0) is 43.0 Å². The molecule has 0 bridgehead atoms. The number of nitrogens with two attached hydrogens (primary N) is 2. The van der Waals surface area contributed by atoms with E-state index in [0.717, 1.165) is 38.0 Å². The van der Waals surface area contributed by atoms with Gasteiger partial charge in [-0.15, -0.1) is 0 Å². The van der Waals surface area contributed by atoms with E-state index in [1.165, 1.54) is 5.69 Å². The van der Waals surface area contributed by atoms with Crippen molar-refractivity contribution in [1.82, 2.24) is 9.78 Å². The summed E-state index contributed by atoms with van der Waals surface area (Å²) >= 11 is 0. The number of aromatic nitrogens is 2. The first-order valence-corrected chi connectivity index (χ1v) is 9.07. The number of anilines is 2. The molecular formula is C19H27N5O3. The molecule has 0 spiro atoms. The number of hydrogen-bond donors (Lipinski definition) is 2. The smallest absolute Gasteiger partial charge is 0.271 e. The normalized spacial score (nSPS) is 15.4. The molecule has 1 saturated heterocycles. The first kappa shape index (κ1) is 19.2. The van der Waals surface area contributed by atoms with Crippen LogP contribution in [0.3, 0.4) is 0 Å². The lowest BCUT2D eigenvalue weighted by Gasteiger charge is -2.34. The van der Waals surface area contributed by atoms with Gasteiger partial charge in [-0.2, -0.15) is 5.10 Å². The van der Waals surface area contributed by atoms with Gasteiger partial charge in [0.25, 0.3) is 5.91 Å². The van der Waals surface area contributed by atoms with Crippen molar-refractivity contribution in [2.45, 2.75) is 25.6 Å². The predicted octanol–water partition coefficient (Wildman–Crippen LogP) is 1.78. The molecular weight excluding hydrogens is 346 g/mol. The number of methoxy groups -OCH3 is 2. The lowest BCUT2D eigenvalue weighted by Crippen LogP contribution is -2.35.